The Balaban J connectivity index is 1.87. The summed E-state index contributed by atoms with van der Waals surface area (Å²) in [7, 11) is 2.19. The molecule has 3 rings (SSSR count). The van der Waals surface area contributed by atoms with E-state index in [0.717, 1.165) is 51.5 Å². The van der Waals surface area contributed by atoms with Crippen molar-refractivity contribution in [3.05, 3.63) is 23.4 Å². The van der Waals surface area contributed by atoms with Crippen molar-refractivity contribution in [3.63, 3.8) is 0 Å². The Kier molecular flexibility index (Phi) is 3.71. The molecule has 2 saturated heterocycles. The van der Waals surface area contributed by atoms with Crippen LogP contribution in [0.15, 0.2) is 12.1 Å². The summed E-state index contributed by atoms with van der Waals surface area (Å²) in [6.07, 6.45) is 1.13. The first-order valence-electron chi connectivity index (χ1n) is 7.23. The summed E-state index contributed by atoms with van der Waals surface area (Å²) in [6, 6.07) is 4.39. The minimum Gasteiger partial charge on any atom is -0.381 e. The number of nitrogens with zero attached hydrogens (tertiary/aromatic N) is 3. The smallest absolute Gasteiger partial charge is 0.132 e. The molecule has 1 atom stereocenters. The van der Waals surface area contributed by atoms with E-state index in [0.29, 0.717) is 5.92 Å². The van der Waals surface area contributed by atoms with Crippen LogP contribution in [0.2, 0.25) is 0 Å². The van der Waals surface area contributed by atoms with Gasteiger partial charge in [-0.05, 0) is 26.5 Å². The van der Waals surface area contributed by atoms with Crippen molar-refractivity contribution in [3.8, 4) is 0 Å². The average Bonchev–Trinajstić information content (AvgIpc) is 2.93. The zero-order valence-electron chi connectivity index (χ0n) is 11.9. The molecule has 0 aliphatic carbocycles. The molecule has 2 aliphatic heterocycles. The van der Waals surface area contributed by atoms with Gasteiger partial charge in [0.05, 0.1) is 6.61 Å². The van der Waals surface area contributed by atoms with E-state index in [4.69, 9.17) is 9.72 Å². The molecule has 1 aromatic heterocycles. The summed E-state index contributed by atoms with van der Waals surface area (Å²) >= 11 is 0. The van der Waals surface area contributed by atoms with Crippen molar-refractivity contribution >= 4 is 5.82 Å². The number of hydrogen-bond acceptors (Lipinski definition) is 4. The Morgan fingerprint density at radius 1 is 1.21 bits per heavy atom. The predicted octanol–water partition coefficient (Wildman–Crippen LogP) is 1.65. The molecule has 4 nitrogen and oxygen atoms in total. The van der Waals surface area contributed by atoms with Crippen LogP contribution in [0.1, 0.15) is 23.6 Å². The minimum atomic E-state index is 0.530. The van der Waals surface area contributed by atoms with Crippen molar-refractivity contribution in [1.82, 2.24) is 9.88 Å². The number of anilines is 1. The number of aromatic nitrogens is 1. The Hall–Kier alpha value is -1.13. The summed E-state index contributed by atoms with van der Waals surface area (Å²) in [4.78, 5) is 9.64. The van der Waals surface area contributed by atoms with E-state index in [2.05, 4.69) is 35.9 Å². The largest absolute Gasteiger partial charge is 0.381 e. The first-order chi connectivity index (χ1) is 9.24. The van der Waals surface area contributed by atoms with Gasteiger partial charge in [-0.1, -0.05) is 6.07 Å². The quantitative estimate of drug-likeness (QED) is 0.809. The van der Waals surface area contributed by atoms with Gasteiger partial charge in [-0.3, -0.25) is 0 Å². The Bertz CT molecular complexity index is 435. The van der Waals surface area contributed by atoms with E-state index in [9.17, 15) is 0 Å². The fourth-order valence-electron chi connectivity index (χ4n) is 2.92. The minimum absolute atomic E-state index is 0.530. The highest BCUT2D eigenvalue weighted by Gasteiger charge is 2.25. The number of rotatable bonds is 2. The van der Waals surface area contributed by atoms with Crippen LogP contribution in [-0.2, 0) is 4.74 Å². The van der Waals surface area contributed by atoms with E-state index >= 15 is 0 Å². The Morgan fingerprint density at radius 2 is 2.00 bits per heavy atom. The van der Waals surface area contributed by atoms with Crippen LogP contribution < -0.4 is 4.90 Å². The number of ether oxygens (including phenoxy) is 1. The van der Waals surface area contributed by atoms with Crippen LogP contribution in [0.25, 0.3) is 0 Å². The third-order valence-corrected chi connectivity index (χ3v) is 4.22. The molecule has 0 aromatic carbocycles. The monoisotopic (exact) mass is 261 g/mol. The second-order valence-electron chi connectivity index (χ2n) is 5.72. The molecule has 0 N–H and O–H groups in total. The third-order valence-electron chi connectivity index (χ3n) is 4.22. The SMILES string of the molecule is Cc1ccc(C2CCOC2)c(N2CCN(C)CC2)n1. The second-order valence-corrected chi connectivity index (χ2v) is 5.72. The average molecular weight is 261 g/mol. The van der Waals surface area contributed by atoms with Gasteiger partial charge >= 0.3 is 0 Å². The molecule has 4 heteroatoms. The molecule has 1 aromatic rings. The lowest BCUT2D eigenvalue weighted by Gasteiger charge is -2.35. The van der Waals surface area contributed by atoms with Gasteiger partial charge in [-0.15, -0.1) is 0 Å². The van der Waals surface area contributed by atoms with E-state index in [1.54, 1.807) is 0 Å². The van der Waals surface area contributed by atoms with Gasteiger partial charge in [-0.2, -0.15) is 0 Å². The van der Waals surface area contributed by atoms with Crippen LogP contribution in [0.4, 0.5) is 5.82 Å². The molecular weight excluding hydrogens is 238 g/mol. The number of aryl methyl sites for hydroxylation is 1. The number of pyridine rings is 1. The number of hydrogen-bond donors (Lipinski definition) is 0. The van der Waals surface area contributed by atoms with Crippen LogP contribution in [-0.4, -0.2) is 56.3 Å². The van der Waals surface area contributed by atoms with Crippen LogP contribution in [0.3, 0.4) is 0 Å². The molecule has 0 bridgehead atoms. The highest BCUT2D eigenvalue weighted by atomic mass is 16.5. The summed E-state index contributed by atoms with van der Waals surface area (Å²) in [5.74, 6) is 1.73. The Morgan fingerprint density at radius 3 is 2.68 bits per heavy atom. The van der Waals surface area contributed by atoms with Gasteiger partial charge in [-0.25, -0.2) is 4.98 Å². The lowest BCUT2D eigenvalue weighted by atomic mass is 9.98. The van der Waals surface area contributed by atoms with E-state index in [1.807, 2.05) is 0 Å². The number of likely N-dealkylation sites (N-methyl/N-ethyl adjacent to an activating group) is 1. The van der Waals surface area contributed by atoms with Gasteiger partial charge in [0.25, 0.3) is 0 Å². The highest BCUT2D eigenvalue weighted by Crippen LogP contribution is 2.32. The van der Waals surface area contributed by atoms with Gasteiger partial charge in [0, 0.05) is 50.0 Å². The molecule has 3 heterocycles. The fourth-order valence-corrected chi connectivity index (χ4v) is 2.92. The zero-order valence-corrected chi connectivity index (χ0v) is 11.9. The predicted molar refractivity (Wildman–Crippen MR) is 76.9 cm³/mol. The molecule has 0 amide bonds. The van der Waals surface area contributed by atoms with E-state index < -0.39 is 0 Å². The summed E-state index contributed by atoms with van der Waals surface area (Å²) in [5.41, 5.74) is 2.49. The first-order valence-corrected chi connectivity index (χ1v) is 7.23. The van der Waals surface area contributed by atoms with Crippen molar-refractivity contribution < 1.29 is 4.74 Å². The lowest BCUT2D eigenvalue weighted by Crippen LogP contribution is -2.45. The fraction of sp³-hybridized carbons (Fsp3) is 0.667. The highest BCUT2D eigenvalue weighted by molar-refractivity contribution is 5.50. The van der Waals surface area contributed by atoms with Gasteiger partial charge in [0.2, 0.25) is 0 Å². The van der Waals surface area contributed by atoms with Gasteiger partial charge < -0.3 is 14.5 Å². The third kappa shape index (κ3) is 2.74. The molecular formula is C15H23N3O. The maximum atomic E-state index is 5.55. The molecule has 0 radical (unpaired) electrons. The summed E-state index contributed by atoms with van der Waals surface area (Å²) < 4.78 is 5.55. The van der Waals surface area contributed by atoms with Crippen molar-refractivity contribution in [2.45, 2.75) is 19.3 Å². The molecule has 2 fully saturated rings. The van der Waals surface area contributed by atoms with E-state index in [1.165, 1.54) is 11.4 Å². The molecule has 2 aliphatic rings. The van der Waals surface area contributed by atoms with E-state index in [-0.39, 0.29) is 0 Å². The van der Waals surface area contributed by atoms with Crippen molar-refractivity contribution in [1.29, 1.82) is 0 Å². The first kappa shape index (κ1) is 12.9. The normalized spacial score (nSPS) is 24.9. The van der Waals surface area contributed by atoms with Crippen LogP contribution in [0, 0.1) is 6.92 Å². The van der Waals surface area contributed by atoms with Crippen molar-refractivity contribution in [2.24, 2.45) is 0 Å². The standard InChI is InChI=1S/C15H23N3O/c1-12-3-4-14(13-5-10-19-11-13)15(16-12)18-8-6-17(2)7-9-18/h3-4,13H,5-11H2,1-2H3. The molecule has 0 spiro atoms. The Labute approximate surface area is 115 Å². The van der Waals surface area contributed by atoms with Gasteiger partial charge in [0.15, 0.2) is 0 Å². The van der Waals surface area contributed by atoms with Crippen molar-refractivity contribution in [2.75, 3.05) is 51.3 Å². The lowest BCUT2D eigenvalue weighted by molar-refractivity contribution is 0.194. The maximum Gasteiger partial charge on any atom is 0.132 e. The zero-order chi connectivity index (χ0) is 13.2. The number of piperazine rings is 1. The molecule has 1 unspecified atom stereocenters. The maximum absolute atomic E-state index is 5.55. The molecule has 19 heavy (non-hydrogen) atoms. The molecule has 104 valence electrons. The van der Waals surface area contributed by atoms with Gasteiger partial charge in [0.1, 0.15) is 5.82 Å². The summed E-state index contributed by atoms with van der Waals surface area (Å²) in [5, 5.41) is 0. The molecule has 0 saturated carbocycles. The summed E-state index contributed by atoms with van der Waals surface area (Å²) in [6.45, 7) is 8.22. The second kappa shape index (κ2) is 5.47. The topological polar surface area (TPSA) is 28.6 Å². The van der Waals surface area contributed by atoms with Crippen LogP contribution >= 0.6 is 0 Å². The van der Waals surface area contributed by atoms with Crippen LogP contribution in [0.5, 0.6) is 0 Å².